The second-order valence-electron chi connectivity index (χ2n) is 5.56. The average molecular weight is 409 g/mol. The third-order valence-corrected chi connectivity index (χ3v) is 5.35. The highest BCUT2D eigenvalue weighted by molar-refractivity contribution is 7.16. The van der Waals surface area contributed by atoms with E-state index in [2.05, 4.69) is 4.99 Å². The van der Waals surface area contributed by atoms with E-state index < -0.39 is 17.9 Å². The van der Waals surface area contributed by atoms with Crippen LogP contribution in [0.2, 0.25) is 10.0 Å². The molecule has 1 aromatic heterocycles. The van der Waals surface area contributed by atoms with Crippen molar-refractivity contribution < 1.29 is 14.7 Å². The molecule has 0 fully saturated rings. The average Bonchev–Trinajstić information content (AvgIpc) is 2.93. The van der Waals surface area contributed by atoms with E-state index in [-0.39, 0.29) is 0 Å². The van der Waals surface area contributed by atoms with Gasteiger partial charge < -0.3 is 9.67 Å². The topological polar surface area (TPSA) is 71.7 Å². The van der Waals surface area contributed by atoms with Crippen LogP contribution >= 0.6 is 34.5 Å². The number of amides is 1. The van der Waals surface area contributed by atoms with Crippen molar-refractivity contribution in [2.75, 3.05) is 0 Å². The minimum absolute atomic E-state index is 0.307. The molecule has 1 heterocycles. The van der Waals surface area contributed by atoms with Gasteiger partial charge in [0, 0.05) is 15.6 Å². The fourth-order valence-electron chi connectivity index (χ4n) is 2.63. The van der Waals surface area contributed by atoms with Gasteiger partial charge in [0.1, 0.15) is 6.04 Å². The Morgan fingerprint density at radius 1 is 1.19 bits per heavy atom. The zero-order chi connectivity index (χ0) is 18.8. The van der Waals surface area contributed by atoms with Gasteiger partial charge in [0.2, 0.25) is 0 Å². The van der Waals surface area contributed by atoms with Crippen molar-refractivity contribution in [1.29, 1.82) is 0 Å². The van der Waals surface area contributed by atoms with Crippen LogP contribution in [-0.4, -0.2) is 21.6 Å². The van der Waals surface area contributed by atoms with Crippen LogP contribution < -0.4 is 4.80 Å². The molecular weight excluding hydrogens is 395 g/mol. The third kappa shape index (κ3) is 3.67. The lowest BCUT2D eigenvalue weighted by Gasteiger charge is -2.13. The molecule has 0 aliphatic rings. The van der Waals surface area contributed by atoms with Crippen LogP contribution in [0.1, 0.15) is 29.7 Å². The lowest BCUT2D eigenvalue weighted by Crippen LogP contribution is -2.27. The highest BCUT2D eigenvalue weighted by atomic mass is 35.5. The SMILES string of the molecule is CCC(C(=O)O)n1c(=NC(=O)c2cccc(Cl)c2)sc2ccc(Cl)cc21. The summed E-state index contributed by atoms with van der Waals surface area (Å²) in [6.45, 7) is 1.77. The van der Waals surface area contributed by atoms with Crippen molar-refractivity contribution in [3.05, 3.63) is 62.9 Å². The Kier molecular flexibility index (Phi) is 5.46. The number of hydrogen-bond acceptors (Lipinski definition) is 3. The minimum Gasteiger partial charge on any atom is -0.480 e. The quantitative estimate of drug-likeness (QED) is 0.674. The van der Waals surface area contributed by atoms with Crippen LogP contribution in [0.3, 0.4) is 0 Å². The molecule has 5 nitrogen and oxygen atoms in total. The number of thiazole rings is 1. The van der Waals surface area contributed by atoms with Crippen molar-refractivity contribution in [2.45, 2.75) is 19.4 Å². The zero-order valence-corrected chi connectivity index (χ0v) is 16.0. The summed E-state index contributed by atoms with van der Waals surface area (Å²) >= 11 is 13.2. The van der Waals surface area contributed by atoms with E-state index >= 15 is 0 Å². The zero-order valence-electron chi connectivity index (χ0n) is 13.6. The van der Waals surface area contributed by atoms with Gasteiger partial charge in [0.15, 0.2) is 4.80 Å². The lowest BCUT2D eigenvalue weighted by molar-refractivity contribution is -0.140. The molecule has 1 atom stereocenters. The maximum absolute atomic E-state index is 12.5. The van der Waals surface area contributed by atoms with Crippen molar-refractivity contribution in [3.8, 4) is 0 Å². The predicted molar refractivity (Wildman–Crippen MR) is 103 cm³/mol. The third-order valence-electron chi connectivity index (χ3n) is 3.84. The Hall–Kier alpha value is -2.15. The number of halogens is 2. The molecule has 3 aromatic rings. The number of aromatic nitrogens is 1. The summed E-state index contributed by atoms with van der Waals surface area (Å²) in [5, 5.41) is 10.5. The van der Waals surface area contributed by atoms with Gasteiger partial charge in [-0.25, -0.2) is 4.79 Å². The first-order chi connectivity index (χ1) is 12.4. The monoisotopic (exact) mass is 408 g/mol. The summed E-state index contributed by atoms with van der Waals surface area (Å²) in [5.41, 5.74) is 0.970. The Bertz CT molecular complexity index is 1070. The number of carboxylic acids is 1. The molecule has 26 heavy (non-hydrogen) atoms. The Morgan fingerprint density at radius 2 is 1.92 bits per heavy atom. The molecule has 0 aliphatic carbocycles. The van der Waals surface area contributed by atoms with Gasteiger partial charge in [-0.2, -0.15) is 4.99 Å². The molecule has 0 bridgehead atoms. The Labute approximate surface area is 163 Å². The van der Waals surface area contributed by atoms with Gasteiger partial charge >= 0.3 is 5.97 Å². The summed E-state index contributed by atoms with van der Waals surface area (Å²) < 4.78 is 2.35. The van der Waals surface area contributed by atoms with E-state index in [4.69, 9.17) is 23.2 Å². The molecule has 3 rings (SSSR count). The highest BCUT2D eigenvalue weighted by Gasteiger charge is 2.22. The first kappa shape index (κ1) is 18.6. The molecule has 134 valence electrons. The number of nitrogens with zero attached hydrogens (tertiary/aromatic N) is 2. The fourth-order valence-corrected chi connectivity index (χ4v) is 4.04. The summed E-state index contributed by atoms with van der Waals surface area (Å²) in [4.78, 5) is 28.7. The number of hydrogen-bond donors (Lipinski definition) is 1. The number of benzene rings is 2. The van der Waals surface area contributed by atoms with Crippen LogP contribution in [0, 0.1) is 0 Å². The summed E-state index contributed by atoms with van der Waals surface area (Å²) in [7, 11) is 0. The second kappa shape index (κ2) is 7.61. The van der Waals surface area contributed by atoms with Crippen LogP contribution in [-0.2, 0) is 4.79 Å². The Balaban J connectivity index is 2.24. The molecule has 0 aliphatic heterocycles. The molecular formula is C18H14Cl2N2O3S. The molecule has 0 radical (unpaired) electrons. The number of carboxylic acid groups (broad SMARTS) is 1. The largest absolute Gasteiger partial charge is 0.480 e. The van der Waals surface area contributed by atoms with E-state index in [1.54, 1.807) is 47.9 Å². The van der Waals surface area contributed by atoms with E-state index in [0.29, 0.717) is 32.3 Å². The number of fused-ring (bicyclic) bond motifs is 1. The first-order valence-electron chi connectivity index (χ1n) is 7.78. The van der Waals surface area contributed by atoms with E-state index in [0.717, 1.165) is 4.70 Å². The molecule has 0 saturated heterocycles. The van der Waals surface area contributed by atoms with Gasteiger partial charge in [-0.15, -0.1) is 0 Å². The van der Waals surface area contributed by atoms with Gasteiger partial charge in [0.25, 0.3) is 5.91 Å². The predicted octanol–water partition coefficient (Wildman–Crippen LogP) is 4.79. The normalized spacial score (nSPS) is 13.1. The van der Waals surface area contributed by atoms with E-state index in [1.807, 2.05) is 0 Å². The lowest BCUT2D eigenvalue weighted by atomic mass is 10.2. The smallest absolute Gasteiger partial charge is 0.326 e. The van der Waals surface area contributed by atoms with Gasteiger partial charge in [0.05, 0.1) is 10.2 Å². The van der Waals surface area contributed by atoms with Crippen LogP contribution in [0.15, 0.2) is 47.5 Å². The Morgan fingerprint density at radius 3 is 2.58 bits per heavy atom. The van der Waals surface area contributed by atoms with Crippen LogP contribution in [0.25, 0.3) is 10.2 Å². The van der Waals surface area contributed by atoms with Crippen LogP contribution in [0.5, 0.6) is 0 Å². The summed E-state index contributed by atoms with van der Waals surface area (Å²) in [6, 6.07) is 10.8. The molecule has 1 N–H and O–H groups in total. The molecule has 0 saturated carbocycles. The van der Waals surface area contributed by atoms with Gasteiger partial charge in [-0.3, -0.25) is 4.79 Å². The van der Waals surface area contributed by atoms with Crippen LogP contribution in [0.4, 0.5) is 0 Å². The van der Waals surface area contributed by atoms with Gasteiger partial charge in [-0.05, 0) is 42.8 Å². The standard InChI is InChI=1S/C18H14Cl2N2O3S/c1-2-13(17(24)25)22-14-9-12(20)6-7-15(14)26-18(22)21-16(23)10-4-3-5-11(19)8-10/h3-9,13H,2H2,1H3,(H,24,25). The number of carbonyl (C=O) groups is 2. The van der Waals surface area contributed by atoms with Gasteiger partial charge in [-0.1, -0.05) is 47.5 Å². The first-order valence-corrected chi connectivity index (χ1v) is 9.36. The maximum Gasteiger partial charge on any atom is 0.326 e. The van der Waals surface area contributed by atoms with Crippen molar-refractivity contribution >= 4 is 56.6 Å². The second-order valence-corrected chi connectivity index (χ2v) is 7.44. The molecule has 1 amide bonds. The molecule has 8 heteroatoms. The van der Waals surface area contributed by atoms with E-state index in [1.165, 1.54) is 17.4 Å². The number of rotatable bonds is 4. The number of carbonyl (C=O) groups excluding carboxylic acids is 1. The molecule has 1 unspecified atom stereocenters. The minimum atomic E-state index is -0.996. The maximum atomic E-state index is 12.5. The summed E-state index contributed by atoms with van der Waals surface area (Å²) in [6.07, 6.45) is 0.340. The van der Waals surface area contributed by atoms with Crippen molar-refractivity contribution in [1.82, 2.24) is 4.57 Å². The molecule has 2 aromatic carbocycles. The van der Waals surface area contributed by atoms with Crippen molar-refractivity contribution in [3.63, 3.8) is 0 Å². The highest BCUT2D eigenvalue weighted by Crippen LogP contribution is 2.26. The van der Waals surface area contributed by atoms with E-state index in [9.17, 15) is 14.7 Å². The summed E-state index contributed by atoms with van der Waals surface area (Å²) in [5.74, 6) is -1.48. The van der Waals surface area contributed by atoms with Crippen molar-refractivity contribution in [2.24, 2.45) is 4.99 Å². The number of aliphatic carboxylic acids is 1. The molecule has 0 spiro atoms. The fraction of sp³-hybridized carbons (Fsp3) is 0.167.